The molecule has 0 atom stereocenters. The fourth-order valence-electron chi connectivity index (χ4n) is 3.01. The van der Waals surface area contributed by atoms with Crippen molar-refractivity contribution in [3.05, 3.63) is 41.7 Å². The molecule has 0 saturated heterocycles. The SMILES string of the molecule is CCn1nc(C)c2c1cnn2CCC(=O)Nc1ccc(C(C)C)cc1. The zero-order valence-corrected chi connectivity index (χ0v) is 15.3. The van der Waals surface area contributed by atoms with Crippen molar-refractivity contribution in [2.75, 3.05) is 5.32 Å². The summed E-state index contributed by atoms with van der Waals surface area (Å²) in [5.41, 5.74) is 5.06. The molecule has 0 spiro atoms. The fourth-order valence-corrected chi connectivity index (χ4v) is 3.01. The van der Waals surface area contributed by atoms with Crippen LogP contribution in [0.1, 0.15) is 44.4 Å². The molecule has 1 N–H and O–H groups in total. The van der Waals surface area contributed by atoms with Gasteiger partial charge in [0.05, 0.1) is 18.4 Å². The number of carbonyl (C=O) groups excluding carboxylic acids is 1. The van der Waals surface area contributed by atoms with Gasteiger partial charge in [0.15, 0.2) is 0 Å². The van der Waals surface area contributed by atoms with E-state index in [0.29, 0.717) is 18.9 Å². The van der Waals surface area contributed by atoms with Crippen LogP contribution in [0.2, 0.25) is 0 Å². The number of benzene rings is 1. The molecule has 0 aliphatic rings. The fraction of sp³-hybridized carbons (Fsp3) is 0.421. The summed E-state index contributed by atoms with van der Waals surface area (Å²) < 4.78 is 3.80. The first-order valence-electron chi connectivity index (χ1n) is 8.78. The number of hydrogen-bond donors (Lipinski definition) is 1. The molecule has 0 aliphatic carbocycles. The summed E-state index contributed by atoms with van der Waals surface area (Å²) in [6, 6.07) is 8.02. The molecular formula is C19H25N5O. The second-order valence-electron chi connectivity index (χ2n) is 6.58. The number of nitrogens with one attached hydrogen (secondary N) is 1. The Hall–Kier alpha value is -2.63. The lowest BCUT2D eigenvalue weighted by molar-refractivity contribution is -0.116. The number of rotatable bonds is 6. The minimum atomic E-state index is -0.0125. The summed E-state index contributed by atoms with van der Waals surface area (Å²) >= 11 is 0. The zero-order valence-electron chi connectivity index (χ0n) is 15.3. The van der Waals surface area contributed by atoms with Crippen molar-refractivity contribution in [3.63, 3.8) is 0 Å². The molecule has 0 saturated carbocycles. The van der Waals surface area contributed by atoms with Gasteiger partial charge in [0.25, 0.3) is 0 Å². The van der Waals surface area contributed by atoms with E-state index in [1.165, 1.54) is 5.56 Å². The average Bonchev–Trinajstić information content (AvgIpc) is 3.15. The van der Waals surface area contributed by atoms with Crippen molar-refractivity contribution < 1.29 is 4.79 Å². The minimum Gasteiger partial charge on any atom is -0.326 e. The second-order valence-corrected chi connectivity index (χ2v) is 6.58. The van der Waals surface area contributed by atoms with Gasteiger partial charge in [0, 0.05) is 18.7 Å². The molecule has 25 heavy (non-hydrogen) atoms. The number of carbonyl (C=O) groups is 1. The van der Waals surface area contributed by atoms with Gasteiger partial charge in [-0.15, -0.1) is 0 Å². The summed E-state index contributed by atoms with van der Waals surface area (Å²) in [6.45, 7) is 9.69. The Labute approximate surface area is 147 Å². The number of amides is 1. The molecular weight excluding hydrogens is 314 g/mol. The molecule has 2 aromatic heterocycles. The van der Waals surface area contributed by atoms with Gasteiger partial charge < -0.3 is 5.32 Å². The van der Waals surface area contributed by atoms with Crippen molar-refractivity contribution in [1.82, 2.24) is 19.6 Å². The summed E-state index contributed by atoms with van der Waals surface area (Å²) in [6.07, 6.45) is 2.20. The van der Waals surface area contributed by atoms with Gasteiger partial charge in [-0.05, 0) is 37.5 Å². The highest BCUT2D eigenvalue weighted by Gasteiger charge is 2.13. The first-order chi connectivity index (χ1) is 12.0. The monoisotopic (exact) mass is 339 g/mol. The van der Waals surface area contributed by atoms with Gasteiger partial charge >= 0.3 is 0 Å². The third-order valence-electron chi connectivity index (χ3n) is 4.42. The molecule has 3 aromatic rings. The third kappa shape index (κ3) is 3.57. The van der Waals surface area contributed by atoms with Gasteiger partial charge in [-0.2, -0.15) is 10.2 Å². The normalized spacial score (nSPS) is 11.4. The van der Waals surface area contributed by atoms with Crippen molar-refractivity contribution in [3.8, 4) is 0 Å². The van der Waals surface area contributed by atoms with Crippen molar-refractivity contribution in [2.45, 2.75) is 53.1 Å². The van der Waals surface area contributed by atoms with Gasteiger partial charge in [-0.3, -0.25) is 14.2 Å². The van der Waals surface area contributed by atoms with Gasteiger partial charge in [-0.1, -0.05) is 26.0 Å². The highest BCUT2D eigenvalue weighted by Crippen LogP contribution is 2.19. The van der Waals surface area contributed by atoms with Crippen LogP contribution < -0.4 is 5.32 Å². The lowest BCUT2D eigenvalue weighted by Crippen LogP contribution is -2.15. The van der Waals surface area contributed by atoms with E-state index >= 15 is 0 Å². The number of aromatic nitrogens is 4. The van der Waals surface area contributed by atoms with Crippen LogP contribution >= 0.6 is 0 Å². The summed E-state index contributed by atoms with van der Waals surface area (Å²) in [5, 5.41) is 11.9. The molecule has 0 unspecified atom stereocenters. The molecule has 0 aliphatic heterocycles. The molecule has 0 radical (unpaired) electrons. The van der Waals surface area contributed by atoms with Gasteiger partial charge in [-0.25, -0.2) is 0 Å². The first-order valence-corrected chi connectivity index (χ1v) is 8.78. The van der Waals surface area contributed by atoms with E-state index in [-0.39, 0.29) is 5.91 Å². The number of nitrogens with zero attached hydrogens (tertiary/aromatic N) is 4. The minimum absolute atomic E-state index is 0.0125. The predicted octanol–water partition coefficient (Wildman–Crippen LogP) is 3.71. The maximum Gasteiger partial charge on any atom is 0.226 e. The van der Waals surface area contributed by atoms with Crippen LogP contribution in [0.4, 0.5) is 5.69 Å². The Kier molecular flexibility index (Phi) is 4.88. The highest BCUT2D eigenvalue weighted by molar-refractivity contribution is 5.90. The Morgan fingerprint density at radius 2 is 1.92 bits per heavy atom. The van der Waals surface area contributed by atoms with Crippen molar-refractivity contribution in [2.24, 2.45) is 0 Å². The second kappa shape index (κ2) is 7.09. The number of aryl methyl sites for hydroxylation is 3. The molecule has 0 fully saturated rings. The van der Waals surface area contributed by atoms with E-state index in [1.54, 1.807) is 0 Å². The van der Waals surface area contributed by atoms with E-state index in [0.717, 1.165) is 29.0 Å². The quantitative estimate of drug-likeness (QED) is 0.744. The summed E-state index contributed by atoms with van der Waals surface area (Å²) in [5.74, 6) is 0.473. The van der Waals surface area contributed by atoms with E-state index in [9.17, 15) is 4.79 Å². The van der Waals surface area contributed by atoms with Crippen molar-refractivity contribution >= 4 is 22.6 Å². The predicted molar refractivity (Wildman–Crippen MR) is 99.7 cm³/mol. The number of hydrogen-bond acceptors (Lipinski definition) is 3. The molecule has 1 aromatic carbocycles. The number of anilines is 1. The van der Waals surface area contributed by atoms with Crippen LogP contribution in [0, 0.1) is 6.92 Å². The molecule has 132 valence electrons. The Balaban J connectivity index is 1.63. The third-order valence-corrected chi connectivity index (χ3v) is 4.42. The van der Waals surface area contributed by atoms with Gasteiger partial charge in [0.2, 0.25) is 5.91 Å². The lowest BCUT2D eigenvalue weighted by atomic mass is 10.0. The Morgan fingerprint density at radius 1 is 1.20 bits per heavy atom. The molecule has 3 rings (SSSR count). The van der Waals surface area contributed by atoms with E-state index in [2.05, 4.69) is 48.4 Å². The maximum atomic E-state index is 12.2. The van der Waals surface area contributed by atoms with Crippen LogP contribution in [0.5, 0.6) is 0 Å². The highest BCUT2D eigenvalue weighted by atomic mass is 16.1. The Morgan fingerprint density at radius 3 is 2.56 bits per heavy atom. The summed E-state index contributed by atoms with van der Waals surface area (Å²) in [4.78, 5) is 12.2. The topological polar surface area (TPSA) is 64.7 Å². The Bertz CT molecular complexity index is 873. The van der Waals surface area contributed by atoms with Crippen molar-refractivity contribution in [1.29, 1.82) is 0 Å². The average molecular weight is 339 g/mol. The molecule has 0 bridgehead atoms. The van der Waals surface area contributed by atoms with E-state index in [1.807, 2.05) is 34.6 Å². The standard InChI is InChI=1S/C19H25N5O/c1-5-23-17-12-20-24(19(17)14(4)22-23)11-10-18(25)21-16-8-6-15(7-9-16)13(2)3/h6-9,12-13H,5,10-11H2,1-4H3,(H,21,25). The van der Waals surface area contributed by atoms with Gasteiger partial charge in [0.1, 0.15) is 11.0 Å². The van der Waals surface area contributed by atoms with Crippen LogP contribution in [-0.2, 0) is 17.9 Å². The maximum absolute atomic E-state index is 12.2. The first kappa shape index (κ1) is 17.2. The smallest absolute Gasteiger partial charge is 0.226 e. The molecule has 6 heteroatoms. The van der Waals surface area contributed by atoms with E-state index < -0.39 is 0 Å². The summed E-state index contributed by atoms with van der Waals surface area (Å²) in [7, 11) is 0. The van der Waals surface area contributed by atoms with E-state index in [4.69, 9.17) is 0 Å². The molecule has 2 heterocycles. The van der Waals surface area contributed by atoms with Crippen LogP contribution in [-0.4, -0.2) is 25.5 Å². The lowest BCUT2D eigenvalue weighted by Gasteiger charge is -2.09. The van der Waals surface area contributed by atoms with Crippen LogP contribution in [0.15, 0.2) is 30.5 Å². The number of fused-ring (bicyclic) bond motifs is 1. The molecule has 1 amide bonds. The zero-order chi connectivity index (χ0) is 18.0. The van der Waals surface area contributed by atoms with Crippen LogP contribution in [0.25, 0.3) is 11.0 Å². The van der Waals surface area contributed by atoms with Crippen LogP contribution in [0.3, 0.4) is 0 Å². The molecule has 6 nitrogen and oxygen atoms in total. The largest absolute Gasteiger partial charge is 0.326 e.